The van der Waals surface area contributed by atoms with E-state index in [2.05, 4.69) is 25.2 Å². The van der Waals surface area contributed by atoms with Gasteiger partial charge in [0, 0.05) is 18.1 Å². The molecule has 0 saturated carbocycles. The minimum Gasteiger partial charge on any atom is -0.454 e. The van der Waals surface area contributed by atoms with Gasteiger partial charge in [-0.2, -0.15) is 5.26 Å². The van der Waals surface area contributed by atoms with Gasteiger partial charge in [-0.3, -0.25) is 4.79 Å². The van der Waals surface area contributed by atoms with Gasteiger partial charge in [-0.25, -0.2) is 0 Å². The van der Waals surface area contributed by atoms with Gasteiger partial charge in [0.05, 0.1) is 16.7 Å². The molecule has 0 bridgehead atoms. The molecule has 6 heteroatoms. The summed E-state index contributed by atoms with van der Waals surface area (Å²) < 4.78 is 10.7. The fourth-order valence-electron chi connectivity index (χ4n) is 2.60. The molecule has 0 fully saturated rings. The van der Waals surface area contributed by atoms with Crippen LogP contribution in [0.1, 0.15) is 31.7 Å². The zero-order valence-electron chi connectivity index (χ0n) is 13.1. The lowest BCUT2D eigenvalue weighted by Gasteiger charge is -2.25. The third-order valence-electron chi connectivity index (χ3n) is 3.72. The molecule has 0 unspecified atom stereocenters. The molecule has 1 N–H and O–H groups in total. The molecular weight excluding hydrogens is 312 g/mol. The van der Waals surface area contributed by atoms with Gasteiger partial charge < -0.3 is 14.8 Å². The number of hydrogen-bond acceptors (Lipinski definition) is 5. The highest BCUT2D eigenvalue weighted by Crippen LogP contribution is 2.40. The predicted octanol–water partition coefficient (Wildman–Crippen LogP) is 3.14. The Morgan fingerprint density at radius 3 is 2.91 bits per heavy atom. The quantitative estimate of drug-likeness (QED) is 0.918. The number of carbonyl (C=O) groups is 1. The van der Waals surface area contributed by atoms with Crippen molar-refractivity contribution in [3.05, 3.63) is 34.4 Å². The number of hydrogen-bond donors (Lipinski definition) is 1. The summed E-state index contributed by atoms with van der Waals surface area (Å²) in [6, 6.07) is 7.89. The first kappa shape index (κ1) is 15.8. The van der Waals surface area contributed by atoms with Crippen LogP contribution in [0.4, 0.5) is 0 Å². The van der Waals surface area contributed by atoms with Gasteiger partial charge in [-0.1, -0.05) is 19.9 Å². The Morgan fingerprint density at radius 2 is 2.17 bits per heavy atom. The summed E-state index contributed by atoms with van der Waals surface area (Å²) in [5.41, 5.74) is 1.53. The molecule has 2 heterocycles. The van der Waals surface area contributed by atoms with E-state index in [9.17, 15) is 10.1 Å². The molecule has 0 aliphatic carbocycles. The molecule has 1 amide bonds. The third-order valence-corrected chi connectivity index (χ3v) is 5.16. The zero-order chi connectivity index (χ0) is 16.4. The number of nitrogens with one attached hydrogen (secondary N) is 1. The number of carbonyl (C=O) groups excluding carboxylic acids is 1. The van der Waals surface area contributed by atoms with Crippen LogP contribution >= 0.6 is 11.8 Å². The smallest absolute Gasteiger partial charge is 0.231 e. The molecule has 0 radical (unpaired) electrons. The zero-order valence-corrected chi connectivity index (χ0v) is 13.9. The Morgan fingerprint density at radius 1 is 1.39 bits per heavy atom. The molecule has 0 saturated heterocycles. The van der Waals surface area contributed by atoms with Crippen LogP contribution in [0.2, 0.25) is 0 Å². The average Bonchev–Trinajstić information content (AvgIpc) is 2.99. The molecule has 23 heavy (non-hydrogen) atoms. The van der Waals surface area contributed by atoms with Crippen molar-refractivity contribution in [2.45, 2.75) is 26.2 Å². The van der Waals surface area contributed by atoms with Gasteiger partial charge in [-0.15, -0.1) is 11.8 Å². The van der Waals surface area contributed by atoms with Crippen LogP contribution in [-0.4, -0.2) is 18.5 Å². The minimum atomic E-state index is -0.238. The van der Waals surface area contributed by atoms with Crippen molar-refractivity contribution in [3.63, 3.8) is 0 Å². The molecular formula is C17H18N2O3S. The van der Waals surface area contributed by atoms with Gasteiger partial charge in [0.2, 0.25) is 12.7 Å². The summed E-state index contributed by atoms with van der Waals surface area (Å²) in [6.07, 6.45) is 0.272. The number of nitrogens with zero attached hydrogens (tertiary/aromatic N) is 1. The minimum absolute atomic E-state index is 0.0575. The molecule has 120 valence electrons. The van der Waals surface area contributed by atoms with Crippen LogP contribution in [0.5, 0.6) is 11.5 Å². The molecule has 1 aromatic rings. The number of fused-ring (bicyclic) bond motifs is 1. The van der Waals surface area contributed by atoms with Gasteiger partial charge >= 0.3 is 0 Å². The lowest BCUT2D eigenvalue weighted by Crippen LogP contribution is -2.31. The van der Waals surface area contributed by atoms with Crippen molar-refractivity contribution in [1.29, 1.82) is 5.26 Å². The maximum atomic E-state index is 12.1. The van der Waals surface area contributed by atoms with E-state index in [4.69, 9.17) is 9.47 Å². The summed E-state index contributed by atoms with van der Waals surface area (Å²) in [5.74, 6) is 2.41. The van der Waals surface area contributed by atoms with Crippen LogP contribution in [-0.2, 0) is 4.79 Å². The normalized spacial score (nSPS) is 19.7. The van der Waals surface area contributed by atoms with Crippen LogP contribution in [0.3, 0.4) is 0 Å². The number of amides is 1. The summed E-state index contributed by atoms with van der Waals surface area (Å²) in [6.45, 7) is 4.43. The Hall–Kier alpha value is -2.13. The molecule has 3 rings (SSSR count). The van der Waals surface area contributed by atoms with Crippen molar-refractivity contribution in [3.8, 4) is 17.6 Å². The van der Waals surface area contributed by atoms with Crippen LogP contribution in [0.25, 0.3) is 0 Å². The van der Waals surface area contributed by atoms with Crippen LogP contribution < -0.4 is 14.8 Å². The number of benzene rings is 1. The second kappa shape index (κ2) is 6.55. The van der Waals surface area contributed by atoms with Crippen LogP contribution in [0.15, 0.2) is 28.8 Å². The summed E-state index contributed by atoms with van der Waals surface area (Å²) in [5, 5.41) is 13.1. The van der Waals surface area contributed by atoms with E-state index in [1.54, 1.807) is 0 Å². The second-order valence-electron chi connectivity index (χ2n) is 5.98. The van der Waals surface area contributed by atoms with Crippen molar-refractivity contribution < 1.29 is 14.3 Å². The van der Waals surface area contributed by atoms with Crippen molar-refractivity contribution >= 4 is 17.7 Å². The topological polar surface area (TPSA) is 71.3 Å². The average molecular weight is 330 g/mol. The largest absolute Gasteiger partial charge is 0.454 e. The van der Waals surface area contributed by atoms with Gasteiger partial charge in [-0.05, 0) is 23.6 Å². The maximum Gasteiger partial charge on any atom is 0.231 e. The van der Waals surface area contributed by atoms with Gasteiger partial charge in [0.1, 0.15) is 0 Å². The van der Waals surface area contributed by atoms with Crippen LogP contribution in [0, 0.1) is 17.2 Å². The maximum absolute atomic E-state index is 12.1. The highest BCUT2D eigenvalue weighted by Gasteiger charge is 2.30. The highest BCUT2D eigenvalue weighted by molar-refractivity contribution is 8.03. The first-order chi connectivity index (χ1) is 11.1. The Kier molecular flexibility index (Phi) is 4.49. The molecule has 1 aromatic carbocycles. The molecule has 2 aliphatic heterocycles. The standard InChI is InChI=1S/C17H18N2O3S/c1-10(2)8-23-17-13(7-18)12(6-16(20)19-17)11-3-4-14-15(5-11)22-9-21-14/h3-5,10,12H,6,8-9H2,1-2H3,(H,19,20)/t12-/m1/s1. The molecule has 0 spiro atoms. The van der Waals surface area contributed by atoms with Gasteiger partial charge in [0.25, 0.3) is 0 Å². The monoisotopic (exact) mass is 330 g/mol. The van der Waals surface area contributed by atoms with E-state index in [1.807, 2.05) is 18.2 Å². The first-order valence-electron chi connectivity index (χ1n) is 7.55. The number of allylic oxidation sites excluding steroid dienone is 1. The van der Waals surface area contributed by atoms with E-state index < -0.39 is 0 Å². The van der Waals surface area contributed by atoms with Crippen molar-refractivity contribution in [1.82, 2.24) is 5.32 Å². The highest BCUT2D eigenvalue weighted by atomic mass is 32.2. The Bertz CT molecular complexity index is 706. The number of nitriles is 1. The Labute approximate surface area is 139 Å². The first-order valence-corrected chi connectivity index (χ1v) is 8.53. The molecule has 1 atom stereocenters. The number of thioether (sulfide) groups is 1. The predicted molar refractivity (Wildman–Crippen MR) is 88.0 cm³/mol. The van der Waals surface area contributed by atoms with Gasteiger partial charge in [0.15, 0.2) is 11.5 Å². The van der Waals surface area contributed by atoms with E-state index >= 15 is 0 Å². The van der Waals surface area contributed by atoms with E-state index in [0.29, 0.717) is 28.0 Å². The molecule has 2 aliphatic rings. The van der Waals surface area contributed by atoms with Crippen molar-refractivity contribution in [2.24, 2.45) is 5.92 Å². The molecule has 0 aromatic heterocycles. The fourth-order valence-corrected chi connectivity index (χ4v) is 3.63. The van der Waals surface area contributed by atoms with Crippen molar-refractivity contribution in [2.75, 3.05) is 12.5 Å². The fraction of sp³-hybridized carbons (Fsp3) is 0.412. The summed E-state index contributed by atoms with van der Waals surface area (Å²) in [7, 11) is 0. The van der Waals surface area contributed by atoms with E-state index in [-0.39, 0.29) is 25.0 Å². The molecule has 5 nitrogen and oxygen atoms in total. The number of ether oxygens (including phenoxy) is 2. The third kappa shape index (κ3) is 3.30. The Balaban J connectivity index is 1.94. The summed E-state index contributed by atoms with van der Waals surface area (Å²) >= 11 is 1.54. The SMILES string of the molecule is CC(C)CSC1=C(C#N)[C@@H](c2ccc3c(c2)OCO3)CC(=O)N1. The lowest BCUT2D eigenvalue weighted by molar-refractivity contribution is -0.120. The lowest BCUT2D eigenvalue weighted by atomic mass is 9.87. The second-order valence-corrected chi connectivity index (χ2v) is 7.01. The number of rotatable bonds is 4. The van der Waals surface area contributed by atoms with E-state index in [1.165, 1.54) is 11.8 Å². The summed E-state index contributed by atoms with van der Waals surface area (Å²) in [4.78, 5) is 12.1. The van der Waals surface area contributed by atoms with E-state index in [0.717, 1.165) is 11.3 Å².